The molecule has 0 aliphatic rings. The first-order valence-electron chi connectivity index (χ1n) is 7.39. The standard InChI is InChI=1S/C18H22ClNO/c1-5-17(15-9-7-6-8-10-15)20-12(2)11-16(14(20)4)18(21)13(3)19/h6-11,13,17H,5H2,1-4H3. The van der Waals surface area contributed by atoms with Crippen molar-refractivity contribution in [2.24, 2.45) is 0 Å². The van der Waals surface area contributed by atoms with Crippen LogP contribution < -0.4 is 0 Å². The van der Waals surface area contributed by atoms with E-state index in [1.807, 2.05) is 26.0 Å². The molecule has 2 atom stereocenters. The summed E-state index contributed by atoms with van der Waals surface area (Å²) in [5.74, 6) is -0.000989. The first-order chi connectivity index (χ1) is 9.97. The van der Waals surface area contributed by atoms with Crippen molar-refractivity contribution in [2.45, 2.75) is 45.5 Å². The fraction of sp³-hybridized carbons (Fsp3) is 0.389. The maximum atomic E-state index is 12.2. The molecule has 0 saturated carbocycles. The number of alkyl halides is 1. The van der Waals surface area contributed by atoms with Crippen molar-refractivity contribution in [3.8, 4) is 0 Å². The molecule has 1 aromatic carbocycles. The summed E-state index contributed by atoms with van der Waals surface area (Å²) in [5, 5.41) is -0.490. The van der Waals surface area contributed by atoms with Crippen LogP contribution in [0.3, 0.4) is 0 Å². The van der Waals surface area contributed by atoms with Crippen LogP contribution in [0.4, 0.5) is 0 Å². The second-order valence-corrected chi connectivity index (χ2v) is 6.12. The lowest BCUT2D eigenvalue weighted by atomic mass is 10.0. The maximum absolute atomic E-state index is 12.2. The van der Waals surface area contributed by atoms with E-state index in [9.17, 15) is 4.79 Å². The van der Waals surface area contributed by atoms with E-state index >= 15 is 0 Å². The molecule has 2 rings (SSSR count). The SMILES string of the molecule is CCC(c1ccccc1)n1c(C)cc(C(=O)C(C)Cl)c1C. The van der Waals surface area contributed by atoms with Crippen LogP contribution in [0.1, 0.15) is 53.6 Å². The molecule has 0 saturated heterocycles. The second-order valence-electron chi connectivity index (χ2n) is 5.47. The summed E-state index contributed by atoms with van der Waals surface area (Å²) in [6, 6.07) is 12.6. The van der Waals surface area contributed by atoms with Gasteiger partial charge < -0.3 is 4.57 Å². The molecule has 0 radical (unpaired) electrons. The predicted molar refractivity (Wildman–Crippen MR) is 88.4 cm³/mol. The summed E-state index contributed by atoms with van der Waals surface area (Å²) < 4.78 is 2.25. The lowest BCUT2D eigenvalue weighted by Crippen LogP contribution is -2.15. The Morgan fingerprint density at radius 3 is 2.38 bits per heavy atom. The third kappa shape index (κ3) is 3.06. The number of aromatic nitrogens is 1. The highest BCUT2D eigenvalue weighted by Gasteiger charge is 2.23. The van der Waals surface area contributed by atoms with Crippen molar-refractivity contribution in [1.82, 2.24) is 4.57 Å². The molecule has 1 aromatic heterocycles. The predicted octanol–water partition coefficient (Wildman–Crippen LogP) is 4.91. The quantitative estimate of drug-likeness (QED) is 0.568. The Morgan fingerprint density at radius 2 is 1.86 bits per heavy atom. The number of hydrogen-bond donors (Lipinski definition) is 0. The van der Waals surface area contributed by atoms with Gasteiger partial charge in [-0.15, -0.1) is 11.6 Å². The van der Waals surface area contributed by atoms with Crippen LogP contribution in [0, 0.1) is 13.8 Å². The Labute approximate surface area is 131 Å². The molecular formula is C18H22ClNO. The lowest BCUT2D eigenvalue weighted by molar-refractivity contribution is 0.0991. The molecule has 0 N–H and O–H groups in total. The topological polar surface area (TPSA) is 22.0 Å². The molecule has 0 spiro atoms. The number of nitrogens with zero attached hydrogens (tertiary/aromatic N) is 1. The molecule has 2 unspecified atom stereocenters. The number of aryl methyl sites for hydroxylation is 1. The van der Waals surface area contributed by atoms with E-state index in [0.717, 1.165) is 23.4 Å². The van der Waals surface area contributed by atoms with Gasteiger partial charge in [0.2, 0.25) is 0 Å². The first-order valence-corrected chi connectivity index (χ1v) is 7.82. The summed E-state index contributed by atoms with van der Waals surface area (Å²) in [5.41, 5.74) is 4.11. The molecule has 112 valence electrons. The van der Waals surface area contributed by atoms with E-state index < -0.39 is 5.38 Å². The first kappa shape index (κ1) is 15.8. The molecule has 0 amide bonds. The third-order valence-corrected chi connectivity index (χ3v) is 4.19. The molecule has 0 fully saturated rings. The van der Waals surface area contributed by atoms with Crippen molar-refractivity contribution in [1.29, 1.82) is 0 Å². The van der Waals surface area contributed by atoms with Gasteiger partial charge in [0.25, 0.3) is 0 Å². The molecule has 0 bridgehead atoms. The smallest absolute Gasteiger partial charge is 0.182 e. The minimum absolute atomic E-state index is 0.000989. The van der Waals surface area contributed by atoms with Gasteiger partial charge in [0.05, 0.1) is 11.4 Å². The molecule has 3 heteroatoms. The fourth-order valence-corrected chi connectivity index (χ4v) is 3.08. The average Bonchev–Trinajstić information content (AvgIpc) is 2.76. The number of Topliss-reactive ketones (excluding diaryl/α,β-unsaturated/α-hetero) is 1. The number of benzene rings is 1. The molecule has 21 heavy (non-hydrogen) atoms. The summed E-state index contributed by atoms with van der Waals surface area (Å²) in [6.07, 6.45) is 0.977. The number of carbonyl (C=O) groups is 1. The van der Waals surface area contributed by atoms with Crippen LogP contribution in [0.25, 0.3) is 0 Å². The van der Waals surface area contributed by atoms with Gasteiger partial charge in [-0.3, -0.25) is 4.79 Å². The van der Waals surface area contributed by atoms with Gasteiger partial charge >= 0.3 is 0 Å². The Morgan fingerprint density at radius 1 is 1.24 bits per heavy atom. The van der Waals surface area contributed by atoms with E-state index in [1.165, 1.54) is 5.56 Å². The zero-order valence-electron chi connectivity index (χ0n) is 13.1. The van der Waals surface area contributed by atoms with Gasteiger partial charge in [-0.05, 0) is 38.8 Å². The van der Waals surface area contributed by atoms with Gasteiger partial charge in [-0.25, -0.2) is 0 Å². The van der Waals surface area contributed by atoms with Crippen molar-refractivity contribution in [3.05, 3.63) is 58.9 Å². The monoisotopic (exact) mass is 303 g/mol. The highest BCUT2D eigenvalue weighted by molar-refractivity contribution is 6.33. The third-order valence-electron chi connectivity index (χ3n) is 3.99. The highest BCUT2D eigenvalue weighted by Crippen LogP contribution is 2.29. The zero-order valence-corrected chi connectivity index (χ0v) is 13.8. The van der Waals surface area contributed by atoms with E-state index in [4.69, 9.17) is 11.6 Å². The minimum Gasteiger partial charge on any atom is -0.341 e. The van der Waals surface area contributed by atoms with Crippen molar-refractivity contribution in [3.63, 3.8) is 0 Å². The van der Waals surface area contributed by atoms with Gasteiger partial charge in [0.1, 0.15) is 0 Å². The van der Waals surface area contributed by atoms with Crippen molar-refractivity contribution in [2.75, 3.05) is 0 Å². The number of rotatable bonds is 5. The Hall–Kier alpha value is -1.54. The average molecular weight is 304 g/mol. The zero-order chi connectivity index (χ0) is 15.6. The summed E-state index contributed by atoms with van der Waals surface area (Å²) >= 11 is 5.97. The molecule has 1 heterocycles. The van der Waals surface area contributed by atoms with Crippen molar-refractivity contribution >= 4 is 17.4 Å². The van der Waals surface area contributed by atoms with Gasteiger partial charge in [-0.2, -0.15) is 0 Å². The molecule has 0 aliphatic carbocycles. The van der Waals surface area contributed by atoms with Crippen LogP contribution in [-0.2, 0) is 0 Å². The summed E-state index contributed by atoms with van der Waals surface area (Å²) in [7, 11) is 0. The van der Waals surface area contributed by atoms with Gasteiger partial charge in [-0.1, -0.05) is 37.3 Å². The molecule has 2 aromatic rings. The highest BCUT2D eigenvalue weighted by atomic mass is 35.5. The van der Waals surface area contributed by atoms with Gasteiger partial charge in [0, 0.05) is 17.0 Å². The number of hydrogen-bond acceptors (Lipinski definition) is 1. The number of ketones is 1. The van der Waals surface area contributed by atoms with Crippen LogP contribution >= 0.6 is 11.6 Å². The Balaban J connectivity index is 2.51. The fourth-order valence-electron chi connectivity index (χ4n) is 2.96. The van der Waals surface area contributed by atoms with E-state index in [0.29, 0.717) is 0 Å². The summed E-state index contributed by atoms with van der Waals surface area (Å²) in [4.78, 5) is 12.2. The van der Waals surface area contributed by atoms with Crippen LogP contribution in [0.15, 0.2) is 36.4 Å². The Bertz CT molecular complexity index is 628. The molecule has 2 nitrogen and oxygen atoms in total. The van der Waals surface area contributed by atoms with E-state index in [1.54, 1.807) is 6.92 Å². The van der Waals surface area contributed by atoms with Crippen LogP contribution in [0.5, 0.6) is 0 Å². The van der Waals surface area contributed by atoms with Crippen LogP contribution in [0.2, 0.25) is 0 Å². The Kier molecular flexibility index (Phi) is 4.89. The van der Waals surface area contributed by atoms with Gasteiger partial charge in [0.15, 0.2) is 5.78 Å². The number of halogens is 1. The molecule has 0 aliphatic heterocycles. The van der Waals surface area contributed by atoms with E-state index in [2.05, 4.69) is 35.8 Å². The number of carbonyl (C=O) groups excluding carboxylic acids is 1. The molecular weight excluding hydrogens is 282 g/mol. The summed E-state index contributed by atoms with van der Waals surface area (Å²) in [6.45, 7) is 7.95. The minimum atomic E-state index is -0.490. The normalized spacial score (nSPS) is 14.0. The van der Waals surface area contributed by atoms with E-state index in [-0.39, 0.29) is 11.8 Å². The second kappa shape index (κ2) is 6.48. The maximum Gasteiger partial charge on any atom is 0.182 e. The van der Waals surface area contributed by atoms with Crippen LogP contribution in [-0.4, -0.2) is 15.7 Å². The lowest BCUT2D eigenvalue weighted by Gasteiger charge is -2.22. The van der Waals surface area contributed by atoms with Crippen molar-refractivity contribution < 1.29 is 4.79 Å². The largest absolute Gasteiger partial charge is 0.341 e.